The molecule has 0 unspecified atom stereocenters. The van der Waals surface area contributed by atoms with Crippen LogP contribution in [0.1, 0.15) is 16.8 Å². The van der Waals surface area contributed by atoms with Gasteiger partial charge in [0.2, 0.25) is 5.91 Å². The average Bonchev–Trinajstić information content (AvgIpc) is 2.53. The predicted octanol–water partition coefficient (Wildman–Crippen LogP) is 4.32. The van der Waals surface area contributed by atoms with Crippen LogP contribution in [0.3, 0.4) is 0 Å². The molecular weight excluding hydrogens is 350 g/mol. The lowest BCUT2D eigenvalue weighted by Crippen LogP contribution is -2.29. The summed E-state index contributed by atoms with van der Waals surface area (Å²) in [5.41, 5.74) is -3.41. The summed E-state index contributed by atoms with van der Waals surface area (Å²) in [5.74, 6) is -0.732. The Morgan fingerprint density at radius 1 is 1.04 bits per heavy atom. The van der Waals surface area contributed by atoms with Gasteiger partial charge < -0.3 is 4.90 Å². The van der Waals surface area contributed by atoms with Crippen molar-refractivity contribution in [3.05, 3.63) is 59.4 Å². The number of pyridine rings is 1. The molecule has 2 rings (SSSR count). The number of para-hydroxylation sites is 1. The molecule has 25 heavy (non-hydrogen) atoms. The van der Waals surface area contributed by atoms with Gasteiger partial charge in [-0.2, -0.15) is 26.3 Å². The van der Waals surface area contributed by atoms with Crippen molar-refractivity contribution in [3.8, 4) is 0 Å². The van der Waals surface area contributed by atoms with Crippen molar-refractivity contribution in [2.24, 2.45) is 0 Å². The van der Waals surface area contributed by atoms with Crippen LogP contribution >= 0.6 is 0 Å². The fraction of sp³-hybridized carbons (Fsp3) is 0.250. The molecule has 0 aliphatic rings. The normalized spacial score (nSPS) is 12.1. The fourth-order valence-electron chi connectivity index (χ4n) is 2.09. The van der Waals surface area contributed by atoms with E-state index in [2.05, 4.69) is 4.98 Å². The van der Waals surface area contributed by atoms with Crippen molar-refractivity contribution in [3.63, 3.8) is 0 Å². The lowest BCUT2D eigenvalue weighted by atomic mass is 10.1. The van der Waals surface area contributed by atoms with Crippen molar-refractivity contribution < 1.29 is 31.1 Å². The lowest BCUT2D eigenvalue weighted by molar-refractivity contribution is -0.143. The minimum Gasteiger partial charge on any atom is -0.315 e. The molecular formula is C16H12F6N2O. The Balaban J connectivity index is 2.34. The number of amides is 1. The molecule has 0 aliphatic carbocycles. The van der Waals surface area contributed by atoms with Crippen LogP contribution in [0.15, 0.2) is 42.6 Å². The first-order valence-corrected chi connectivity index (χ1v) is 6.95. The Hall–Kier alpha value is -2.58. The van der Waals surface area contributed by atoms with E-state index in [1.807, 2.05) is 0 Å². The number of alkyl halides is 6. The molecule has 1 amide bonds. The number of halogens is 6. The molecule has 0 saturated carbocycles. The minimum atomic E-state index is -5.06. The second kappa shape index (κ2) is 6.73. The topological polar surface area (TPSA) is 33.2 Å². The maximum absolute atomic E-state index is 13.1. The number of hydrogen-bond acceptors (Lipinski definition) is 2. The van der Waals surface area contributed by atoms with Gasteiger partial charge in [-0.3, -0.25) is 9.78 Å². The first kappa shape index (κ1) is 18.8. The summed E-state index contributed by atoms with van der Waals surface area (Å²) in [6.45, 7) is 0. The Morgan fingerprint density at radius 2 is 1.64 bits per heavy atom. The number of carbonyl (C=O) groups is 1. The lowest BCUT2D eigenvalue weighted by Gasteiger charge is -2.19. The number of rotatable bonds is 3. The van der Waals surface area contributed by atoms with Gasteiger partial charge in [-0.25, -0.2) is 0 Å². The van der Waals surface area contributed by atoms with Gasteiger partial charge in [0, 0.05) is 18.9 Å². The van der Waals surface area contributed by atoms with Crippen LogP contribution in [-0.2, 0) is 23.6 Å². The monoisotopic (exact) mass is 362 g/mol. The number of aromatic nitrogens is 1. The van der Waals surface area contributed by atoms with E-state index in [9.17, 15) is 31.1 Å². The maximum atomic E-state index is 13.1. The SMILES string of the molecule is CN(C(=O)Cc1ncc(C(F)(F)F)cc1C(F)(F)F)c1ccccc1. The standard InChI is InChI=1S/C16H12F6N2O/c1-24(11-5-3-2-4-6-11)14(25)8-13-12(16(20,21)22)7-10(9-23-13)15(17,18)19/h2-7,9H,8H2,1H3. The van der Waals surface area contributed by atoms with E-state index in [1.54, 1.807) is 30.3 Å². The van der Waals surface area contributed by atoms with E-state index in [4.69, 9.17) is 0 Å². The third-order valence-electron chi connectivity index (χ3n) is 3.44. The maximum Gasteiger partial charge on any atom is 0.418 e. The van der Waals surface area contributed by atoms with Gasteiger partial charge in [-0.05, 0) is 18.2 Å². The summed E-state index contributed by atoms with van der Waals surface area (Å²) >= 11 is 0. The molecule has 0 atom stereocenters. The molecule has 0 saturated heterocycles. The third-order valence-corrected chi connectivity index (χ3v) is 3.44. The van der Waals surface area contributed by atoms with Gasteiger partial charge in [-0.1, -0.05) is 18.2 Å². The van der Waals surface area contributed by atoms with Crippen molar-refractivity contribution >= 4 is 11.6 Å². The molecule has 0 spiro atoms. The Bertz CT molecular complexity index is 755. The van der Waals surface area contributed by atoms with E-state index in [-0.39, 0.29) is 6.07 Å². The first-order chi connectivity index (χ1) is 11.5. The van der Waals surface area contributed by atoms with E-state index in [0.717, 1.165) is 4.90 Å². The van der Waals surface area contributed by atoms with E-state index in [1.165, 1.54) is 7.05 Å². The summed E-state index contributed by atoms with van der Waals surface area (Å²) in [5, 5.41) is 0. The molecule has 0 aliphatic heterocycles. The average molecular weight is 362 g/mol. The van der Waals surface area contributed by atoms with Gasteiger partial charge in [-0.15, -0.1) is 0 Å². The smallest absolute Gasteiger partial charge is 0.315 e. The number of nitrogens with zero attached hydrogens (tertiary/aromatic N) is 2. The summed E-state index contributed by atoms with van der Waals surface area (Å²) in [6, 6.07) is 8.08. The third kappa shape index (κ3) is 4.49. The van der Waals surface area contributed by atoms with Crippen LogP contribution in [0.2, 0.25) is 0 Å². The number of benzene rings is 1. The van der Waals surface area contributed by atoms with Crippen LogP contribution in [0.4, 0.5) is 32.0 Å². The second-order valence-corrected chi connectivity index (χ2v) is 5.18. The van der Waals surface area contributed by atoms with Gasteiger partial charge >= 0.3 is 12.4 Å². The van der Waals surface area contributed by atoms with Crippen molar-refractivity contribution in [2.45, 2.75) is 18.8 Å². The van der Waals surface area contributed by atoms with Gasteiger partial charge in [0.25, 0.3) is 0 Å². The van der Waals surface area contributed by atoms with E-state index in [0.29, 0.717) is 11.9 Å². The molecule has 0 radical (unpaired) electrons. The molecule has 0 fully saturated rings. The van der Waals surface area contributed by atoms with Gasteiger partial charge in [0.1, 0.15) is 0 Å². The quantitative estimate of drug-likeness (QED) is 0.762. The zero-order valence-corrected chi connectivity index (χ0v) is 12.8. The molecule has 9 heteroatoms. The number of likely N-dealkylation sites (N-methyl/N-ethyl adjacent to an activating group) is 1. The van der Waals surface area contributed by atoms with E-state index < -0.39 is 41.5 Å². The van der Waals surface area contributed by atoms with Crippen LogP contribution in [-0.4, -0.2) is 17.9 Å². The highest BCUT2D eigenvalue weighted by Gasteiger charge is 2.39. The van der Waals surface area contributed by atoms with Crippen molar-refractivity contribution in [1.29, 1.82) is 0 Å². The Morgan fingerprint density at radius 3 is 2.16 bits per heavy atom. The number of anilines is 1. The Labute approximate surface area is 138 Å². The highest BCUT2D eigenvalue weighted by atomic mass is 19.4. The first-order valence-electron chi connectivity index (χ1n) is 6.95. The largest absolute Gasteiger partial charge is 0.418 e. The molecule has 1 aromatic carbocycles. The second-order valence-electron chi connectivity index (χ2n) is 5.18. The van der Waals surface area contributed by atoms with Gasteiger partial charge in [0.15, 0.2) is 0 Å². The van der Waals surface area contributed by atoms with Crippen LogP contribution in [0.25, 0.3) is 0 Å². The zero-order valence-electron chi connectivity index (χ0n) is 12.8. The highest BCUT2D eigenvalue weighted by Crippen LogP contribution is 2.36. The number of carbonyl (C=O) groups excluding carboxylic acids is 1. The molecule has 0 bridgehead atoms. The summed E-state index contributed by atoms with van der Waals surface area (Å²) < 4.78 is 77.0. The molecule has 1 heterocycles. The zero-order chi connectivity index (χ0) is 18.8. The van der Waals surface area contributed by atoms with Crippen LogP contribution in [0.5, 0.6) is 0 Å². The minimum absolute atomic E-state index is 0.0296. The number of hydrogen-bond donors (Lipinski definition) is 0. The van der Waals surface area contributed by atoms with Crippen LogP contribution in [0, 0.1) is 0 Å². The molecule has 134 valence electrons. The molecule has 2 aromatic rings. The molecule has 1 aromatic heterocycles. The summed E-state index contributed by atoms with van der Waals surface area (Å²) in [6.07, 6.45) is -10.5. The summed E-state index contributed by atoms with van der Waals surface area (Å²) in [4.78, 5) is 16.5. The van der Waals surface area contributed by atoms with Crippen molar-refractivity contribution in [2.75, 3.05) is 11.9 Å². The fourth-order valence-corrected chi connectivity index (χ4v) is 2.09. The van der Waals surface area contributed by atoms with Crippen molar-refractivity contribution in [1.82, 2.24) is 4.98 Å². The van der Waals surface area contributed by atoms with Gasteiger partial charge in [0.05, 0.1) is 23.2 Å². The highest BCUT2D eigenvalue weighted by molar-refractivity contribution is 5.94. The molecule has 0 N–H and O–H groups in total. The Kier molecular flexibility index (Phi) is 5.05. The van der Waals surface area contributed by atoms with Crippen LogP contribution < -0.4 is 4.90 Å². The van der Waals surface area contributed by atoms with E-state index >= 15 is 0 Å². The predicted molar refractivity (Wildman–Crippen MR) is 77.8 cm³/mol. The molecule has 3 nitrogen and oxygen atoms in total. The summed E-state index contributed by atoms with van der Waals surface area (Å²) in [7, 11) is 1.36.